The number of phenolic OH excluding ortho intramolecular Hbond substituents is 1. The maximum Gasteiger partial charge on any atom is 0.264 e. The molecule has 3 rings (SSSR count). The van der Waals surface area contributed by atoms with Gasteiger partial charge in [-0.25, -0.2) is 4.99 Å². The van der Waals surface area contributed by atoms with Crippen molar-refractivity contribution in [1.82, 2.24) is 5.32 Å². The van der Waals surface area contributed by atoms with Crippen LogP contribution in [0.1, 0.15) is 5.56 Å². The number of ether oxygens (including phenoxy) is 2. The van der Waals surface area contributed by atoms with Crippen molar-refractivity contribution in [2.45, 2.75) is 0 Å². The molecule has 1 aliphatic rings. The molecule has 128 valence electrons. The summed E-state index contributed by atoms with van der Waals surface area (Å²) < 4.78 is 10.7. The van der Waals surface area contributed by atoms with E-state index >= 15 is 0 Å². The topological polar surface area (TPSA) is 80.2 Å². The van der Waals surface area contributed by atoms with E-state index in [1.54, 1.807) is 50.6 Å². The molecule has 1 aliphatic heterocycles. The SMILES string of the molecule is COc1cccc(/C=C2/SC(=Nc3ccc(O)cc3)NC2=O)c1OC. The van der Waals surface area contributed by atoms with Crippen molar-refractivity contribution in [3.8, 4) is 17.2 Å². The van der Waals surface area contributed by atoms with Crippen LogP contribution in [-0.4, -0.2) is 30.4 Å². The molecule has 1 fully saturated rings. The molecule has 2 aromatic carbocycles. The molecule has 7 heteroatoms. The predicted molar refractivity (Wildman–Crippen MR) is 98.5 cm³/mol. The van der Waals surface area contributed by atoms with Gasteiger partial charge in [0.05, 0.1) is 24.8 Å². The molecule has 0 atom stereocenters. The number of hydrogen-bond acceptors (Lipinski definition) is 6. The average Bonchev–Trinajstić information content (AvgIpc) is 2.95. The fraction of sp³-hybridized carbons (Fsp3) is 0.111. The molecule has 0 aromatic heterocycles. The number of thioether (sulfide) groups is 1. The smallest absolute Gasteiger partial charge is 0.264 e. The minimum Gasteiger partial charge on any atom is -0.508 e. The summed E-state index contributed by atoms with van der Waals surface area (Å²) in [5.41, 5.74) is 1.38. The molecule has 2 aromatic rings. The normalized spacial score (nSPS) is 17.0. The van der Waals surface area contributed by atoms with Gasteiger partial charge in [-0.3, -0.25) is 4.79 Å². The Hall–Kier alpha value is -2.93. The monoisotopic (exact) mass is 356 g/mol. The summed E-state index contributed by atoms with van der Waals surface area (Å²) in [4.78, 5) is 17.1. The number of nitrogens with zero attached hydrogens (tertiary/aromatic N) is 1. The van der Waals surface area contributed by atoms with Crippen LogP contribution in [-0.2, 0) is 4.79 Å². The number of methoxy groups -OCH3 is 2. The van der Waals surface area contributed by atoms with Gasteiger partial charge in [0.15, 0.2) is 16.7 Å². The molecule has 0 aliphatic carbocycles. The van der Waals surface area contributed by atoms with E-state index in [9.17, 15) is 9.90 Å². The Labute approximate surface area is 149 Å². The average molecular weight is 356 g/mol. The zero-order valence-electron chi connectivity index (χ0n) is 13.6. The Kier molecular flexibility index (Phi) is 4.95. The van der Waals surface area contributed by atoms with Crippen molar-refractivity contribution in [1.29, 1.82) is 0 Å². The molecule has 0 radical (unpaired) electrons. The summed E-state index contributed by atoms with van der Waals surface area (Å²) >= 11 is 1.24. The Morgan fingerprint density at radius 2 is 1.88 bits per heavy atom. The molecule has 0 spiro atoms. The first kappa shape index (κ1) is 16.9. The highest BCUT2D eigenvalue weighted by atomic mass is 32.2. The van der Waals surface area contributed by atoms with Gasteiger partial charge in [0.1, 0.15) is 5.75 Å². The second-order valence-corrected chi connectivity index (χ2v) is 6.11. The molecule has 0 saturated carbocycles. The van der Waals surface area contributed by atoms with E-state index in [1.807, 2.05) is 12.1 Å². The number of aliphatic imine (C=N–C) groups is 1. The zero-order chi connectivity index (χ0) is 17.8. The summed E-state index contributed by atoms with van der Waals surface area (Å²) in [5, 5.41) is 12.5. The maximum absolute atomic E-state index is 12.2. The first-order valence-electron chi connectivity index (χ1n) is 7.40. The third-order valence-electron chi connectivity index (χ3n) is 3.45. The van der Waals surface area contributed by atoms with Crippen molar-refractivity contribution in [3.63, 3.8) is 0 Å². The third-order valence-corrected chi connectivity index (χ3v) is 4.36. The number of para-hydroxylation sites is 1. The number of amides is 1. The van der Waals surface area contributed by atoms with Crippen molar-refractivity contribution in [3.05, 3.63) is 52.9 Å². The van der Waals surface area contributed by atoms with Gasteiger partial charge in [0.25, 0.3) is 5.91 Å². The lowest BCUT2D eigenvalue weighted by Gasteiger charge is -2.10. The van der Waals surface area contributed by atoms with Crippen LogP contribution >= 0.6 is 11.8 Å². The van der Waals surface area contributed by atoms with Crippen molar-refractivity contribution < 1.29 is 19.4 Å². The molecule has 6 nitrogen and oxygen atoms in total. The van der Waals surface area contributed by atoms with E-state index in [0.717, 1.165) is 5.56 Å². The van der Waals surface area contributed by atoms with E-state index in [1.165, 1.54) is 11.8 Å². The number of benzene rings is 2. The minimum absolute atomic E-state index is 0.165. The van der Waals surface area contributed by atoms with Gasteiger partial charge in [-0.05, 0) is 48.2 Å². The van der Waals surface area contributed by atoms with E-state index in [2.05, 4.69) is 10.3 Å². The standard InChI is InChI=1S/C18H16N2O4S/c1-23-14-5-3-4-11(16(14)24-2)10-15-17(22)20-18(25-15)19-12-6-8-13(21)9-7-12/h3-10,21H,1-2H3,(H,19,20,22)/b15-10+. The molecular weight excluding hydrogens is 340 g/mol. The maximum atomic E-state index is 12.2. The van der Waals surface area contributed by atoms with Crippen molar-refractivity contribution in [2.75, 3.05) is 14.2 Å². The van der Waals surface area contributed by atoms with E-state index in [4.69, 9.17) is 9.47 Å². The molecular formula is C18H16N2O4S. The van der Waals surface area contributed by atoms with Gasteiger partial charge in [0, 0.05) is 5.56 Å². The van der Waals surface area contributed by atoms with Crippen LogP contribution in [0.25, 0.3) is 6.08 Å². The number of carbonyl (C=O) groups excluding carboxylic acids is 1. The van der Waals surface area contributed by atoms with E-state index in [0.29, 0.717) is 27.3 Å². The number of hydrogen-bond donors (Lipinski definition) is 2. The molecule has 1 amide bonds. The van der Waals surface area contributed by atoms with Crippen LogP contribution < -0.4 is 14.8 Å². The first-order chi connectivity index (χ1) is 12.1. The highest BCUT2D eigenvalue weighted by molar-refractivity contribution is 8.18. The van der Waals surface area contributed by atoms with Gasteiger partial charge in [-0.2, -0.15) is 0 Å². The molecule has 1 heterocycles. The van der Waals surface area contributed by atoms with Crippen LogP contribution in [0.5, 0.6) is 17.2 Å². The van der Waals surface area contributed by atoms with Crippen molar-refractivity contribution >= 4 is 34.6 Å². The van der Waals surface area contributed by atoms with Gasteiger partial charge in [-0.15, -0.1) is 0 Å². The second-order valence-electron chi connectivity index (χ2n) is 5.08. The van der Waals surface area contributed by atoms with Crippen LogP contribution in [0, 0.1) is 0 Å². The van der Waals surface area contributed by atoms with Gasteiger partial charge in [0.2, 0.25) is 0 Å². The van der Waals surface area contributed by atoms with Gasteiger partial charge < -0.3 is 19.9 Å². The summed E-state index contributed by atoms with van der Waals surface area (Å²) in [5.74, 6) is 1.10. The van der Waals surface area contributed by atoms with E-state index < -0.39 is 0 Å². The highest BCUT2D eigenvalue weighted by Crippen LogP contribution is 2.35. The van der Waals surface area contributed by atoms with Crippen molar-refractivity contribution in [2.24, 2.45) is 4.99 Å². The highest BCUT2D eigenvalue weighted by Gasteiger charge is 2.24. The lowest BCUT2D eigenvalue weighted by atomic mass is 10.1. The summed E-state index contributed by atoms with van der Waals surface area (Å²) in [6.45, 7) is 0. The number of aromatic hydroxyl groups is 1. The van der Waals surface area contributed by atoms with Gasteiger partial charge in [-0.1, -0.05) is 12.1 Å². The van der Waals surface area contributed by atoms with E-state index in [-0.39, 0.29) is 11.7 Å². The van der Waals surface area contributed by atoms with Crippen LogP contribution in [0.4, 0.5) is 5.69 Å². The molecule has 0 unspecified atom stereocenters. The van der Waals surface area contributed by atoms with Crippen LogP contribution in [0.15, 0.2) is 52.4 Å². The minimum atomic E-state index is -0.229. The largest absolute Gasteiger partial charge is 0.508 e. The Morgan fingerprint density at radius 1 is 1.12 bits per heavy atom. The quantitative estimate of drug-likeness (QED) is 0.822. The number of rotatable bonds is 4. The number of carbonyl (C=O) groups is 1. The van der Waals surface area contributed by atoms with Gasteiger partial charge >= 0.3 is 0 Å². The Bertz CT molecular complexity index is 860. The van der Waals surface area contributed by atoms with Crippen LogP contribution in [0.3, 0.4) is 0 Å². The Morgan fingerprint density at radius 3 is 2.56 bits per heavy atom. The molecule has 1 saturated heterocycles. The molecule has 2 N–H and O–H groups in total. The number of nitrogens with one attached hydrogen (secondary N) is 1. The van der Waals surface area contributed by atoms with Crippen LogP contribution in [0.2, 0.25) is 0 Å². The molecule has 25 heavy (non-hydrogen) atoms. The number of amidine groups is 1. The summed E-state index contributed by atoms with van der Waals surface area (Å²) in [7, 11) is 3.12. The Balaban J connectivity index is 1.88. The summed E-state index contributed by atoms with van der Waals surface area (Å²) in [6, 6.07) is 11.9. The predicted octanol–water partition coefficient (Wildman–Crippen LogP) is 3.30. The second kappa shape index (κ2) is 7.31. The molecule has 0 bridgehead atoms. The zero-order valence-corrected chi connectivity index (χ0v) is 14.5. The summed E-state index contributed by atoms with van der Waals surface area (Å²) in [6.07, 6.45) is 1.74. The fourth-order valence-electron chi connectivity index (χ4n) is 2.29. The third kappa shape index (κ3) is 3.77. The fourth-order valence-corrected chi connectivity index (χ4v) is 3.12. The lowest BCUT2D eigenvalue weighted by Crippen LogP contribution is -2.19. The first-order valence-corrected chi connectivity index (χ1v) is 8.22. The lowest BCUT2D eigenvalue weighted by molar-refractivity contribution is -0.115. The number of phenols is 1.